The van der Waals surface area contributed by atoms with E-state index >= 15 is 0 Å². The fourth-order valence-electron chi connectivity index (χ4n) is 2.17. The molecule has 0 aliphatic heterocycles. The Morgan fingerprint density at radius 3 is 2.79 bits per heavy atom. The van der Waals surface area contributed by atoms with Gasteiger partial charge >= 0.3 is 0 Å². The molecule has 0 spiro atoms. The third kappa shape index (κ3) is 1.85. The topological polar surface area (TPSA) is 43.8 Å². The van der Waals surface area contributed by atoms with Crippen LogP contribution in [0.2, 0.25) is 5.02 Å². The molecule has 2 aromatic carbocycles. The van der Waals surface area contributed by atoms with Crippen LogP contribution in [0.4, 0.5) is 10.1 Å². The number of nitrogen functional groups attached to an aromatic ring is 1. The second kappa shape index (κ2) is 4.24. The first-order valence-electron chi connectivity index (χ1n) is 5.74. The molecule has 0 radical (unpaired) electrons. The molecular weight excluding hydrogens is 265 g/mol. The van der Waals surface area contributed by atoms with Crippen molar-refractivity contribution in [3.63, 3.8) is 0 Å². The predicted octanol–water partition coefficient (Wildman–Crippen LogP) is 3.62. The van der Waals surface area contributed by atoms with Crippen LogP contribution in [0.3, 0.4) is 0 Å². The molecule has 2 N–H and O–H groups in total. The van der Waals surface area contributed by atoms with Crippen molar-refractivity contribution in [2.45, 2.75) is 0 Å². The number of benzene rings is 2. The number of fused-ring (bicyclic) bond motifs is 1. The lowest BCUT2D eigenvalue weighted by Gasteiger charge is -2.07. The Bertz CT molecular complexity index is 759. The average Bonchev–Trinajstić information content (AvgIpc) is 2.66. The summed E-state index contributed by atoms with van der Waals surface area (Å²) >= 11 is 6.19. The largest absolute Gasteiger partial charge is 0.398 e. The Morgan fingerprint density at radius 2 is 2.05 bits per heavy atom. The molecule has 0 atom stereocenters. The van der Waals surface area contributed by atoms with E-state index in [1.165, 1.54) is 12.1 Å². The second-order valence-corrected chi connectivity index (χ2v) is 4.74. The number of rotatable bonds is 1. The Balaban J connectivity index is 2.34. The number of hydrogen-bond acceptors (Lipinski definition) is 2. The number of nitrogens with zero attached hydrogens (tertiary/aromatic N) is 2. The van der Waals surface area contributed by atoms with Gasteiger partial charge in [-0.1, -0.05) is 17.7 Å². The summed E-state index contributed by atoms with van der Waals surface area (Å²) in [5, 5.41) is 0.527. The summed E-state index contributed by atoms with van der Waals surface area (Å²) in [6, 6.07) is 9.79. The number of aromatic nitrogens is 2. The Labute approximate surface area is 114 Å². The Morgan fingerprint density at radius 1 is 1.26 bits per heavy atom. The molecule has 0 amide bonds. The van der Waals surface area contributed by atoms with E-state index in [9.17, 15) is 4.39 Å². The average molecular weight is 276 g/mol. The molecule has 3 aromatic rings. The van der Waals surface area contributed by atoms with E-state index in [4.69, 9.17) is 17.3 Å². The molecule has 96 valence electrons. The lowest BCUT2D eigenvalue weighted by Crippen LogP contribution is -1.97. The maximum Gasteiger partial charge on any atom is 0.144 e. The molecular formula is C14H11ClFN3. The van der Waals surface area contributed by atoms with Crippen molar-refractivity contribution in [3.8, 4) is 11.4 Å². The van der Waals surface area contributed by atoms with Crippen LogP contribution in [0.25, 0.3) is 22.4 Å². The van der Waals surface area contributed by atoms with Crippen molar-refractivity contribution >= 4 is 28.3 Å². The van der Waals surface area contributed by atoms with E-state index in [1.807, 2.05) is 11.6 Å². The molecule has 1 heterocycles. The van der Waals surface area contributed by atoms with Gasteiger partial charge < -0.3 is 10.3 Å². The van der Waals surface area contributed by atoms with Gasteiger partial charge in [0.05, 0.1) is 21.6 Å². The van der Waals surface area contributed by atoms with E-state index < -0.39 is 0 Å². The van der Waals surface area contributed by atoms with Crippen LogP contribution in [0, 0.1) is 5.82 Å². The number of halogens is 2. The minimum absolute atomic E-state index is 0.315. The Hall–Kier alpha value is -2.07. The Kier molecular flexibility index (Phi) is 2.68. The molecule has 5 heteroatoms. The third-order valence-corrected chi connectivity index (χ3v) is 3.43. The van der Waals surface area contributed by atoms with Crippen LogP contribution in [-0.4, -0.2) is 9.55 Å². The van der Waals surface area contributed by atoms with Crippen LogP contribution in [0.15, 0.2) is 36.4 Å². The zero-order chi connectivity index (χ0) is 13.6. The minimum Gasteiger partial charge on any atom is -0.398 e. The van der Waals surface area contributed by atoms with Crippen molar-refractivity contribution in [2.24, 2.45) is 7.05 Å². The second-order valence-electron chi connectivity index (χ2n) is 4.33. The third-order valence-electron chi connectivity index (χ3n) is 3.11. The van der Waals surface area contributed by atoms with Crippen molar-refractivity contribution in [3.05, 3.63) is 47.2 Å². The normalized spacial score (nSPS) is 11.1. The molecule has 0 saturated carbocycles. The van der Waals surface area contributed by atoms with Crippen molar-refractivity contribution in [1.29, 1.82) is 0 Å². The molecule has 19 heavy (non-hydrogen) atoms. The van der Waals surface area contributed by atoms with Gasteiger partial charge in [-0.25, -0.2) is 9.37 Å². The number of aryl methyl sites for hydroxylation is 1. The smallest absolute Gasteiger partial charge is 0.144 e. The van der Waals surface area contributed by atoms with E-state index in [-0.39, 0.29) is 5.82 Å². The highest BCUT2D eigenvalue weighted by Crippen LogP contribution is 2.34. The van der Waals surface area contributed by atoms with E-state index in [0.717, 1.165) is 5.52 Å². The molecule has 0 bridgehead atoms. The van der Waals surface area contributed by atoms with Gasteiger partial charge in [0, 0.05) is 18.8 Å². The standard InChI is InChI=1S/C14H11ClFN3/c1-19-12-6-5-8(16)7-11(12)18-14(19)13-9(15)3-2-4-10(13)17/h2-7H,17H2,1H3. The zero-order valence-electron chi connectivity index (χ0n) is 10.2. The van der Waals surface area contributed by atoms with Crippen molar-refractivity contribution in [1.82, 2.24) is 9.55 Å². The highest BCUT2D eigenvalue weighted by atomic mass is 35.5. The van der Waals surface area contributed by atoms with Gasteiger partial charge in [-0.2, -0.15) is 0 Å². The maximum atomic E-state index is 13.2. The quantitative estimate of drug-likeness (QED) is 0.690. The first kappa shape index (κ1) is 12.0. The highest BCUT2D eigenvalue weighted by molar-refractivity contribution is 6.33. The molecule has 3 rings (SSSR count). The van der Waals surface area contributed by atoms with E-state index in [2.05, 4.69) is 4.98 Å². The van der Waals surface area contributed by atoms with Crippen molar-refractivity contribution < 1.29 is 4.39 Å². The molecule has 0 saturated heterocycles. The summed E-state index contributed by atoms with van der Waals surface area (Å²) in [6.07, 6.45) is 0. The number of nitrogens with two attached hydrogens (primary N) is 1. The lowest BCUT2D eigenvalue weighted by atomic mass is 10.1. The van der Waals surface area contributed by atoms with E-state index in [0.29, 0.717) is 27.6 Å². The molecule has 3 nitrogen and oxygen atoms in total. The number of anilines is 1. The molecule has 0 aliphatic carbocycles. The number of hydrogen-bond donors (Lipinski definition) is 1. The van der Waals surface area contributed by atoms with E-state index in [1.54, 1.807) is 24.3 Å². The van der Waals surface area contributed by atoms with Gasteiger partial charge in [-0.05, 0) is 24.3 Å². The molecule has 0 unspecified atom stereocenters. The summed E-state index contributed by atoms with van der Waals surface area (Å²) in [5.74, 6) is 0.313. The zero-order valence-corrected chi connectivity index (χ0v) is 10.9. The predicted molar refractivity (Wildman–Crippen MR) is 75.5 cm³/mol. The SMILES string of the molecule is Cn1c(-c2c(N)cccc2Cl)nc2cc(F)ccc21. The van der Waals surface area contributed by atoms with Crippen LogP contribution in [0.5, 0.6) is 0 Å². The monoisotopic (exact) mass is 275 g/mol. The van der Waals surface area contributed by atoms with Gasteiger partial charge in [0.2, 0.25) is 0 Å². The lowest BCUT2D eigenvalue weighted by molar-refractivity contribution is 0.629. The van der Waals surface area contributed by atoms with Crippen molar-refractivity contribution in [2.75, 3.05) is 5.73 Å². The van der Waals surface area contributed by atoms with Gasteiger partial charge in [0.1, 0.15) is 11.6 Å². The van der Waals surface area contributed by atoms with Gasteiger partial charge in [-0.15, -0.1) is 0 Å². The first-order valence-corrected chi connectivity index (χ1v) is 6.12. The summed E-state index contributed by atoms with van der Waals surface area (Å²) < 4.78 is 15.1. The molecule has 1 aromatic heterocycles. The first-order chi connectivity index (χ1) is 9.08. The molecule has 0 aliphatic rings. The summed E-state index contributed by atoms with van der Waals surface area (Å²) in [7, 11) is 1.85. The summed E-state index contributed by atoms with van der Waals surface area (Å²) in [4.78, 5) is 4.42. The fourth-order valence-corrected chi connectivity index (χ4v) is 2.44. The van der Waals surface area contributed by atoms with Gasteiger partial charge in [0.25, 0.3) is 0 Å². The summed E-state index contributed by atoms with van der Waals surface area (Å²) in [6.45, 7) is 0. The van der Waals surface area contributed by atoms with Crippen LogP contribution >= 0.6 is 11.6 Å². The maximum absolute atomic E-state index is 13.2. The van der Waals surface area contributed by atoms with Crippen LogP contribution in [0.1, 0.15) is 0 Å². The minimum atomic E-state index is -0.315. The summed E-state index contributed by atoms with van der Waals surface area (Å²) in [5.41, 5.74) is 8.59. The van der Waals surface area contributed by atoms with Crippen LogP contribution in [-0.2, 0) is 7.05 Å². The van der Waals surface area contributed by atoms with Crippen LogP contribution < -0.4 is 5.73 Å². The fraction of sp³-hybridized carbons (Fsp3) is 0.0714. The van der Waals surface area contributed by atoms with Gasteiger partial charge in [0.15, 0.2) is 0 Å². The highest BCUT2D eigenvalue weighted by Gasteiger charge is 2.15. The molecule has 0 fully saturated rings. The number of imidazole rings is 1. The van der Waals surface area contributed by atoms with Gasteiger partial charge in [-0.3, -0.25) is 0 Å².